The van der Waals surface area contributed by atoms with Gasteiger partial charge in [0.25, 0.3) is 0 Å². The van der Waals surface area contributed by atoms with Gasteiger partial charge in [-0.2, -0.15) is 0 Å². The highest BCUT2D eigenvalue weighted by atomic mass is 35.5. The van der Waals surface area contributed by atoms with Crippen molar-refractivity contribution in [3.05, 3.63) is 29.0 Å². The van der Waals surface area contributed by atoms with Crippen LogP contribution >= 0.6 is 11.6 Å². The van der Waals surface area contributed by atoms with Crippen LogP contribution in [0, 0.1) is 5.82 Å². The van der Waals surface area contributed by atoms with Crippen LogP contribution in [0.25, 0.3) is 0 Å². The topological polar surface area (TPSA) is 35.2 Å². The first-order valence-electron chi connectivity index (χ1n) is 3.52. The van der Waals surface area contributed by atoms with Gasteiger partial charge in [0.15, 0.2) is 11.6 Å². The molecule has 0 bridgehead atoms. The Kier molecular flexibility index (Phi) is 3.31. The molecule has 66 valence electrons. The molecule has 0 aromatic heterocycles. The monoisotopic (exact) mass is 189 g/mol. The summed E-state index contributed by atoms with van der Waals surface area (Å²) in [6.07, 6.45) is 0. The van der Waals surface area contributed by atoms with E-state index in [2.05, 4.69) is 0 Å². The van der Waals surface area contributed by atoms with Crippen LogP contribution in [0.5, 0.6) is 5.75 Å². The Balaban J connectivity index is 2.81. The van der Waals surface area contributed by atoms with Crippen LogP contribution in [-0.2, 0) is 0 Å². The van der Waals surface area contributed by atoms with E-state index >= 15 is 0 Å². The van der Waals surface area contributed by atoms with Crippen LogP contribution in [0.1, 0.15) is 0 Å². The smallest absolute Gasteiger partial charge is 0.173 e. The fraction of sp³-hybridized carbons (Fsp3) is 0.250. The second-order valence-corrected chi connectivity index (χ2v) is 2.60. The van der Waals surface area contributed by atoms with E-state index in [0.717, 1.165) is 0 Å². The quantitative estimate of drug-likeness (QED) is 0.787. The van der Waals surface area contributed by atoms with E-state index in [-0.39, 0.29) is 17.4 Å². The van der Waals surface area contributed by atoms with Gasteiger partial charge in [0, 0.05) is 6.54 Å². The van der Waals surface area contributed by atoms with E-state index in [4.69, 9.17) is 22.1 Å². The van der Waals surface area contributed by atoms with Crippen LogP contribution in [0.15, 0.2) is 18.2 Å². The molecule has 1 aromatic rings. The Morgan fingerprint density at radius 2 is 2.25 bits per heavy atom. The van der Waals surface area contributed by atoms with Crippen molar-refractivity contribution in [1.82, 2.24) is 0 Å². The number of nitrogens with two attached hydrogens (primary N) is 1. The third-order valence-corrected chi connectivity index (χ3v) is 1.58. The van der Waals surface area contributed by atoms with Gasteiger partial charge in [-0.25, -0.2) is 4.39 Å². The number of hydrogen-bond donors (Lipinski definition) is 1. The minimum atomic E-state index is -0.462. The van der Waals surface area contributed by atoms with E-state index in [0.29, 0.717) is 6.54 Å². The average molecular weight is 190 g/mol. The predicted octanol–water partition coefficient (Wildman–Crippen LogP) is 1.82. The van der Waals surface area contributed by atoms with Gasteiger partial charge in [-0.15, -0.1) is 0 Å². The Hall–Kier alpha value is -0.800. The van der Waals surface area contributed by atoms with Crippen LogP contribution in [0.3, 0.4) is 0 Å². The van der Waals surface area contributed by atoms with Crippen molar-refractivity contribution >= 4 is 11.6 Å². The number of rotatable bonds is 3. The molecular formula is C8H9ClFNO. The summed E-state index contributed by atoms with van der Waals surface area (Å²) in [7, 11) is 0. The number of ether oxygens (including phenoxy) is 1. The lowest BCUT2D eigenvalue weighted by Crippen LogP contribution is -2.11. The molecule has 4 heteroatoms. The molecule has 1 rings (SSSR count). The summed E-state index contributed by atoms with van der Waals surface area (Å²) >= 11 is 5.66. The molecule has 0 aliphatic carbocycles. The highest BCUT2D eigenvalue weighted by Crippen LogP contribution is 2.26. The highest BCUT2D eigenvalue weighted by molar-refractivity contribution is 6.32. The Bertz CT molecular complexity index is 247. The molecule has 0 saturated carbocycles. The number of para-hydroxylation sites is 1. The third-order valence-electron chi connectivity index (χ3n) is 1.28. The summed E-state index contributed by atoms with van der Waals surface area (Å²) in [5.74, 6) is -0.388. The molecule has 2 N–H and O–H groups in total. The Morgan fingerprint density at radius 1 is 1.50 bits per heavy atom. The fourth-order valence-corrected chi connectivity index (χ4v) is 0.999. The van der Waals surface area contributed by atoms with Crippen LogP contribution < -0.4 is 10.5 Å². The van der Waals surface area contributed by atoms with Gasteiger partial charge in [-0.3, -0.25) is 0 Å². The number of hydrogen-bond acceptors (Lipinski definition) is 2. The van der Waals surface area contributed by atoms with E-state index < -0.39 is 5.82 Å². The molecular weight excluding hydrogens is 181 g/mol. The zero-order valence-corrected chi connectivity index (χ0v) is 7.14. The summed E-state index contributed by atoms with van der Waals surface area (Å²) in [4.78, 5) is 0. The van der Waals surface area contributed by atoms with E-state index in [1.165, 1.54) is 12.1 Å². The SMILES string of the molecule is NCCOc1c(F)cccc1Cl. The third kappa shape index (κ3) is 2.09. The van der Waals surface area contributed by atoms with Crippen molar-refractivity contribution in [1.29, 1.82) is 0 Å². The highest BCUT2D eigenvalue weighted by Gasteiger charge is 2.06. The molecule has 0 radical (unpaired) electrons. The van der Waals surface area contributed by atoms with Gasteiger partial charge in [0.2, 0.25) is 0 Å². The molecule has 12 heavy (non-hydrogen) atoms. The zero-order chi connectivity index (χ0) is 8.97. The lowest BCUT2D eigenvalue weighted by atomic mass is 10.3. The minimum Gasteiger partial charge on any atom is -0.488 e. The molecule has 0 heterocycles. The number of halogens is 2. The number of benzene rings is 1. The molecule has 0 spiro atoms. The first-order valence-corrected chi connectivity index (χ1v) is 3.90. The van der Waals surface area contributed by atoms with Crippen LogP contribution in [0.4, 0.5) is 4.39 Å². The second-order valence-electron chi connectivity index (χ2n) is 2.19. The second kappa shape index (κ2) is 4.28. The molecule has 2 nitrogen and oxygen atoms in total. The normalized spacial score (nSPS) is 9.92. The van der Waals surface area contributed by atoms with Crippen molar-refractivity contribution in [3.63, 3.8) is 0 Å². The molecule has 1 aromatic carbocycles. The van der Waals surface area contributed by atoms with E-state index in [9.17, 15) is 4.39 Å². The summed E-state index contributed by atoms with van der Waals surface area (Å²) < 4.78 is 17.9. The Morgan fingerprint density at radius 3 is 2.83 bits per heavy atom. The lowest BCUT2D eigenvalue weighted by molar-refractivity contribution is 0.311. The maximum absolute atomic E-state index is 12.9. The van der Waals surface area contributed by atoms with Gasteiger partial charge in [0.1, 0.15) is 6.61 Å². The van der Waals surface area contributed by atoms with Crippen molar-refractivity contribution in [2.24, 2.45) is 5.73 Å². The average Bonchev–Trinajstić information content (AvgIpc) is 2.04. The molecule has 0 unspecified atom stereocenters. The van der Waals surface area contributed by atoms with Crippen molar-refractivity contribution in [2.45, 2.75) is 0 Å². The molecule has 0 amide bonds. The summed E-state index contributed by atoms with van der Waals surface area (Å²) in [5, 5.41) is 0.267. The standard InChI is InChI=1S/C8H9ClFNO/c9-6-2-1-3-7(10)8(6)12-5-4-11/h1-3H,4-5,11H2. The predicted molar refractivity (Wildman–Crippen MR) is 46.0 cm³/mol. The largest absolute Gasteiger partial charge is 0.488 e. The van der Waals surface area contributed by atoms with Crippen molar-refractivity contribution in [3.8, 4) is 5.75 Å². The van der Waals surface area contributed by atoms with Gasteiger partial charge in [0.05, 0.1) is 5.02 Å². The van der Waals surface area contributed by atoms with Gasteiger partial charge in [-0.05, 0) is 12.1 Å². The first kappa shape index (κ1) is 9.29. The van der Waals surface area contributed by atoms with Crippen molar-refractivity contribution < 1.29 is 9.13 Å². The van der Waals surface area contributed by atoms with Gasteiger partial charge >= 0.3 is 0 Å². The minimum absolute atomic E-state index is 0.0737. The molecule has 0 aliphatic heterocycles. The van der Waals surface area contributed by atoms with Crippen LogP contribution in [-0.4, -0.2) is 13.2 Å². The Labute approximate surface area is 75.1 Å². The first-order chi connectivity index (χ1) is 5.75. The molecule has 0 atom stereocenters. The maximum Gasteiger partial charge on any atom is 0.173 e. The van der Waals surface area contributed by atoms with E-state index in [1.807, 2.05) is 0 Å². The summed E-state index contributed by atoms with van der Waals surface area (Å²) in [6, 6.07) is 4.38. The summed E-state index contributed by atoms with van der Waals surface area (Å²) in [5.41, 5.74) is 5.19. The van der Waals surface area contributed by atoms with Gasteiger partial charge in [-0.1, -0.05) is 17.7 Å². The molecule has 0 aliphatic rings. The molecule has 0 fully saturated rings. The maximum atomic E-state index is 12.9. The molecule has 0 saturated heterocycles. The van der Waals surface area contributed by atoms with E-state index in [1.54, 1.807) is 6.07 Å². The summed E-state index contributed by atoms with van der Waals surface area (Å²) in [6.45, 7) is 0.602. The van der Waals surface area contributed by atoms with Gasteiger partial charge < -0.3 is 10.5 Å². The lowest BCUT2D eigenvalue weighted by Gasteiger charge is -2.06. The fourth-order valence-electron chi connectivity index (χ4n) is 0.781. The van der Waals surface area contributed by atoms with Crippen LogP contribution in [0.2, 0.25) is 5.02 Å². The van der Waals surface area contributed by atoms with Crippen molar-refractivity contribution in [2.75, 3.05) is 13.2 Å². The zero-order valence-electron chi connectivity index (χ0n) is 6.39.